The van der Waals surface area contributed by atoms with Crippen molar-refractivity contribution in [3.63, 3.8) is 0 Å². The Morgan fingerprint density at radius 1 is 1.37 bits per heavy atom. The van der Waals surface area contributed by atoms with E-state index in [9.17, 15) is 24.9 Å². The number of hydrogen-bond donors (Lipinski definition) is 3. The highest BCUT2D eigenvalue weighted by Crippen LogP contribution is 2.71. The summed E-state index contributed by atoms with van der Waals surface area (Å²) in [5.74, 6) is -0.320. The molecule has 5 aliphatic rings. The fraction of sp³-hybridized carbons (Fsp3) is 0.714. The van der Waals surface area contributed by atoms with E-state index >= 15 is 0 Å². The van der Waals surface area contributed by atoms with Crippen LogP contribution in [0.1, 0.15) is 32.6 Å². The molecule has 4 fully saturated rings. The molecule has 0 unspecified atom stereocenters. The van der Waals surface area contributed by atoms with Gasteiger partial charge in [-0.1, -0.05) is 18.6 Å². The first kappa shape index (κ1) is 17.7. The second-order valence-corrected chi connectivity index (χ2v) is 9.31. The van der Waals surface area contributed by atoms with Gasteiger partial charge in [-0.15, -0.1) is 0 Å². The summed E-state index contributed by atoms with van der Waals surface area (Å²) in [4.78, 5) is 24.4. The number of carbonyl (C=O) groups is 2. The van der Waals surface area contributed by atoms with Crippen LogP contribution in [0, 0.1) is 28.6 Å². The van der Waals surface area contributed by atoms with Crippen molar-refractivity contribution in [1.82, 2.24) is 0 Å². The van der Waals surface area contributed by atoms with Crippen molar-refractivity contribution in [2.24, 2.45) is 28.6 Å². The molecule has 8 atom stereocenters. The van der Waals surface area contributed by atoms with Gasteiger partial charge in [0.1, 0.15) is 6.61 Å². The van der Waals surface area contributed by atoms with Gasteiger partial charge < -0.3 is 20.1 Å². The van der Waals surface area contributed by atoms with Crippen molar-refractivity contribution in [1.29, 1.82) is 0 Å². The van der Waals surface area contributed by atoms with Crippen LogP contribution in [0.25, 0.3) is 0 Å². The number of allylic oxidation sites excluding steroid dienone is 4. The van der Waals surface area contributed by atoms with E-state index in [1.54, 1.807) is 12.2 Å². The molecular weight excluding hydrogens is 348 g/mol. The summed E-state index contributed by atoms with van der Waals surface area (Å²) in [6, 6.07) is 0. The summed E-state index contributed by atoms with van der Waals surface area (Å²) in [6.45, 7) is 1.77. The number of aliphatic hydroxyl groups excluding tert-OH is 3. The molecular formula is C21H26O6. The molecule has 0 aromatic rings. The molecule has 1 aliphatic heterocycles. The summed E-state index contributed by atoms with van der Waals surface area (Å²) in [7, 11) is 0. The molecule has 146 valence electrons. The van der Waals surface area contributed by atoms with E-state index in [1.807, 2.05) is 6.08 Å². The molecule has 0 bridgehead atoms. The first-order chi connectivity index (χ1) is 12.8. The Balaban J connectivity index is 1.58. The number of ether oxygens (including phenoxy) is 1. The lowest BCUT2D eigenvalue weighted by Gasteiger charge is -2.65. The molecule has 1 heterocycles. The quantitative estimate of drug-likeness (QED) is 0.652. The molecule has 1 saturated heterocycles. The van der Waals surface area contributed by atoms with Gasteiger partial charge in [0.2, 0.25) is 0 Å². The number of carbonyl (C=O) groups excluding carboxylic acids is 2. The lowest BCUT2D eigenvalue weighted by atomic mass is 9.45. The van der Waals surface area contributed by atoms with Crippen molar-refractivity contribution in [2.75, 3.05) is 13.2 Å². The van der Waals surface area contributed by atoms with Gasteiger partial charge in [-0.3, -0.25) is 9.59 Å². The number of hydrogen-bond acceptors (Lipinski definition) is 6. The largest absolute Gasteiger partial charge is 0.393 e. The summed E-state index contributed by atoms with van der Waals surface area (Å²) < 4.78 is 5.70. The maximum absolute atomic E-state index is 12.6. The third-order valence-corrected chi connectivity index (χ3v) is 8.52. The lowest BCUT2D eigenvalue weighted by molar-refractivity contribution is -0.301. The third-order valence-electron chi connectivity index (χ3n) is 8.52. The van der Waals surface area contributed by atoms with E-state index in [0.717, 1.165) is 18.4 Å². The number of rotatable bonds is 2. The van der Waals surface area contributed by atoms with E-state index in [-0.39, 0.29) is 29.0 Å². The zero-order valence-electron chi connectivity index (χ0n) is 15.4. The molecule has 3 saturated carbocycles. The molecule has 6 heteroatoms. The number of fused-ring (bicyclic) bond motifs is 4. The molecule has 5 rings (SSSR count). The van der Waals surface area contributed by atoms with Crippen LogP contribution in [-0.4, -0.2) is 57.9 Å². The Bertz CT molecular complexity index is 786. The topological polar surface area (TPSA) is 104 Å². The Morgan fingerprint density at radius 2 is 2.15 bits per heavy atom. The summed E-state index contributed by atoms with van der Waals surface area (Å²) in [5.41, 5.74) is -1.27. The Kier molecular flexibility index (Phi) is 3.53. The van der Waals surface area contributed by atoms with Gasteiger partial charge in [0, 0.05) is 16.7 Å². The van der Waals surface area contributed by atoms with Crippen molar-refractivity contribution >= 4 is 11.6 Å². The maximum atomic E-state index is 12.6. The van der Waals surface area contributed by atoms with E-state index in [0.29, 0.717) is 19.4 Å². The number of aliphatic hydroxyl groups is 3. The van der Waals surface area contributed by atoms with Crippen LogP contribution in [0.2, 0.25) is 0 Å². The van der Waals surface area contributed by atoms with E-state index in [1.165, 1.54) is 0 Å². The minimum atomic E-state index is -1.37. The van der Waals surface area contributed by atoms with Crippen LogP contribution in [0.4, 0.5) is 0 Å². The molecule has 4 aliphatic carbocycles. The minimum absolute atomic E-state index is 0.000986. The van der Waals surface area contributed by atoms with Gasteiger partial charge in [0.15, 0.2) is 17.2 Å². The van der Waals surface area contributed by atoms with Crippen LogP contribution < -0.4 is 0 Å². The van der Waals surface area contributed by atoms with Crippen molar-refractivity contribution in [3.05, 3.63) is 23.8 Å². The second-order valence-electron chi connectivity index (χ2n) is 9.31. The highest BCUT2D eigenvalue weighted by atomic mass is 16.6. The lowest BCUT2D eigenvalue weighted by Crippen LogP contribution is -2.74. The van der Waals surface area contributed by atoms with E-state index in [2.05, 4.69) is 6.92 Å². The molecule has 6 nitrogen and oxygen atoms in total. The fourth-order valence-electron chi connectivity index (χ4n) is 7.45. The van der Waals surface area contributed by atoms with Gasteiger partial charge in [-0.2, -0.15) is 0 Å². The van der Waals surface area contributed by atoms with Crippen LogP contribution in [0.15, 0.2) is 23.8 Å². The average molecular weight is 374 g/mol. The van der Waals surface area contributed by atoms with Gasteiger partial charge in [0.25, 0.3) is 0 Å². The van der Waals surface area contributed by atoms with Crippen molar-refractivity contribution in [2.45, 2.75) is 50.4 Å². The van der Waals surface area contributed by atoms with Crippen LogP contribution in [-0.2, 0) is 14.3 Å². The van der Waals surface area contributed by atoms with Crippen LogP contribution >= 0.6 is 0 Å². The molecule has 0 aromatic carbocycles. The highest BCUT2D eigenvalue weighted by molar-refractivity contribution is 6.01. The number of Topliss-reactive ketones (excluding diaryl/α,β-unsaturated/α-hetero) is 1. The number of ketones is 2. The normalized spacial score (nSPS) is 52.8. The molecule has 27 heavy (non-hydrogen) atoms. The Labute approximate surface area is 157 Å². The molecule has 0 amide bonds. The molecule has 0 aromatic heterocycles. The summed E-state index contributed by atoms with van der Waals surface area (Å²) in [6.07, 6.45) is 6.09. The van der Waals surface area contributed by atoms with Crippen LogP contribution in [0.5, 0.6) is 0 Å². The van der Waals surface area contributed by atoms with Gasteiger partial charge in [-0.25, -0.2) is 0 Å². The van der Waals surface area contributed by atoms with Gasteiger partial charge in [-0.05, 0) is 49.7 Å². The first-order valence-corrected chi connectivity index (χ1v) is 9.88. The fourth-order valence-corrected chi connectivity index (χ4v) is 7.45. The smallest absolute Gasteiger partial charge is 0.193 e. The molecule has 1 spiro atoms. The Morgan fingerprint density at radius 3 is 2.81 bits per heavy atom. The SMILES string of the molecule is C[C@]12C=CC(=O)C=C1CC[C@@H]1[C@@H]2[C@@H](O)C[C@]23CO[C@]2(C(=O)CO)[C@H](O)C[C@@H]13. The maximum Gasteiger partial charge on any atom is 0.193 e. The second kappa shape index (κ2) is 5.38. The van der Waals surface area contributed by atoms with E-state index < -0.39 is 35.6 Å². The monoisotopic (exact) mass is 374 g/mol. The highest BCUT2D eigenvalue weighted by Gasteiger charge is 2.79. The van der Waals surface area contributed by atoms with Crippen LogP contribution in [0.3, 0.4) is 0 Å². The average Bonchev–Trinajstić information content (AvgIpc) is 2.79. The predicted molar refractivity (Wildman–Crippen MR) is 94.5 cm³/mol. The van der Waals surface area contributed by atoms with Crippen molar-refractivity contribution in [3.8, 4) is 0 Å². The minimum Gasteiger partial charge on any atom is -0.393 e. The third kappa shape index (κ3) is 1.85. The molecule has 3 N–H and O–H groups in total. The van der Waals surface area contributed by atoms with Gasteiger partial charge in [0.05, 0.1) is 18.8 Å². The first-order valence-electron chi connectivity index (χ1n) is 9.88. The van der Waals surface area contributed by atoms with E-state index in [4.69, 9.17) is 4.74 Å². The standard InChI is InChI=1S/C21H26O6/c1-19-5-4-12(23)6-11(19)2-3-13-14-7-16(25)21(17(26)9-22)20(14,10-27-21)8-15(24)18(13)19/h4-6,13-16,18,22,24-25H,2-3,7-10H2,1H3/t13-,14-,15-,16+,18+,19-,20+,21-/m0/s1. The Hall–Kier alpha value is -1.34. The van der Waals surface area contributed by atoms with Gasteiger partial charge >= 0.3 is 0 Å². The zero-order valence-corrected chi connectivity index (χ0v) is 15.4. The predicted octanol–water partition coefficient (Wildman–Crippen LogP) is 0.546. The summed E-state index contributed by atoms with van der Waals surface area (Å²) >= 11 is 0. The van der Waals surface area contributed by atoms with Crippen molar-refractivity contribution < 1.29 is 29.6 Å². The molecule has 0 radical (unpaired) electrons. The zero-order chi connectivity index (χ0) is 19.2. The summed E-state index contributed by atoms with van der Waals surface area (Å²) in [5, 5.41) is 31.5.